The smallest absolute Gasteiger partial charge is 0.243 e. The van der Waals surface area contributed by atoms with E-state index in [2.05, 4.69) is 5.32 Å². The number of carbonyl (C=O) groups excluding carboxylic acids is 1. The highest BCUT2D eigenvalue weighted by atomic mass is 35.5. The monoisotopic (exact) mass is 454 g/mol. The van der Waals surface area contributed by atoms with Gasteiger partial charge in [0.15, 0.2) is 0 Å². The first-order valence-corrected chi connectivity index (χ1v) is 11.8. The van der Waals surface area contributed by atoms with Crippen LogP contribution in [-0.4, -0.2) is 31.2 Å². The lowest BCUT2D eigenvalue weighted by Crippen LogP contribution is -2.45. The molecule has 0 atom stereocenters. The van der Waals surface area contributed by atoms with E-state index in [0.717, 1.165) is 37.7 Å². The molecule has 29 heavy (non-hydrogen) atoms. The predicted molar refractivity (Wildman–Crippen MR) is 117 cm³/mol. The summed E-state index contributed by atoms with van der Waals surface area (Å²) < 4.78 is 28.0. The fraction of sp³-hybridized carbons (Fsp3) is 0.381. The molecular formula is C21H24Cl2N2O3S. The van der Waals surface area contributed by atoms with Crippen molar-refractivity contribution < 1.29 is 13.2 Å². The van der Waals surface area contributed by atoms with E-state index in [9.17, 15) is 13.2 Å². The van der Waals surface area contributed by atoms with Gasteiger partial charge in [-0.1, -0.05) is 66.2 Å². The number of aryl methyl sites for hydroxylation is 1. The Morgan fingerprint density at radius 2 is 1.62 bits per heavy atom. The molecule has 0 aromatic heterocycles. The average molecular weight is 455 g/mol. The van der Waals surface area contributed by atoms with Crippen LogP contribution in [0, 0.1) is 6.92 Å². The summed E-state index contributed by atoms with van der Waals surface area (Å²) in [5.41, 5.74) is 1.26. The van der Waals surface area contributed by atoms with Gasteiger partial charge in [0.05, 0.1) is 27.2 Å². The number of halogens is 2. The van der Waals surface area contributed by atoms with E-state index < -0.39 is 15.9 Å². The maximum atomic E-state index is 13.4. The van der Waals surface area contributed by atoms with E-state index in [1.165, 1.54) is 4.31 Å². The van der Waals surface area contributed by atoms with Crippen LogP contribution < -0.4 is 5.32 Å². The van der Waals surface area contributed by atoms with Gasteiger partial charge in [0.1, 0.15) is 0 Å². The molecule has 0 heterocycles. The summed E-state index contributed by atoms with van der Waals surface area (Å²) in [5, 5.41) is 3.28. The van der Waals surface area contributed by atoms with E-state index in [0.29, 0.717) is 10.0 Å². The van der Waals surface area contributed by atoms with Crippen LogP contribution in [-0.2, 0) is 14.8 Å². The Morgan fingerprint density at radius 3 is 2.21 bits per heavy atom. The fourth-order valence-electron chi connectivity index (χ4n) is 3.56. The number of benzene rings is 2. The van der Waals surface area contributed by atoms with Gasteiger partial charge in [0, 0.05) is 6.04 Å². The molecule has 1 saturated carbocycles. The molecule has 1 aliphatic rings. The Kier molecular flexibility index (Phi) is 7.22. The first-order chi connectivity index (χ1) is 13.8. The second-order valence-corrected chi connectivity index (χ2v) is 10.0. The molecule has 2 aromatic carbocycles. The third-order valence-corrected chi connectivity index (χ3v) is 7.68. The number of anilines is 1. The van der Waals surface area contributed by atoms with E-state index in [-0.39, 0.29) is 23.2 Å². The zero-order chi connectivity index (χ0) is 21.0. The lowest BCUT2D eigenvalue weighted by molar-refractivity contribution is -0.116. The molecule has 5 nitrogen and oxygen atoms in total. The number of amides is 1. The predicted octanol–water partition coefficient (Wildman–Crippen LogP) is 5.26. The number of nitrogens with zero attached hydrogens (tertiary/aromatic N) is 1. The van der Waals surface area contributed by atoms with Crippen molar-refractivity contribution in [2.24, 2.45) is 0 Å². The number of nitrogens with one attached hydrogen (secondary N) is 1. The molecule has 0 aliphatic heterocycles. The topological polar surface area (TPSA) is 66.5 Å². The Hall–Kier alpha value is -1.60. The average Bonchev–Trinajstić information content (AvgIpc) is 2.70. The highest BCUT2D eigenvalue weighted by Gasteiger charge is 2.34. The maximum Gasteiger partial charge on any atom is 0.243 e. The van der Waals surface area contributed by atoms with Crippen LogP contribution in [0.2, 0.25) is 10.0 Å². The summed E-state index contributed by atoms with van der Waals surface area (Å²) in [6.07, 6.45) is 4.46. The first-order valence-electron chi connectivity index (χ1n) is 9.61. The minimum Gasteiger partial charge on any atom is -0.322 e. The van der Waals surface area contributed by atoms with Crippen molar-refractivity contribution in [3.8, 4) is 0 Å². The van der Waals surface area contributed by atoms with Crippen LogP contribution in [0.15, 0.2) is 47.4 Å². The van der Waals surface area contributed by atoms with Gasteiger partial charge in [0.25, 0.3) is 0 Å². The Morgan fingerprint density at radius 1 is 1.03 bits per heavy atom. The molecule has 0 saturated heterocycles. The lowest BCUT2D eigenvalue weighted by Gasteiger charge is -2.33. The number of rotatable bonds is 6. The van der Waals surface area contributed by atoms with E-state index in [4.69, 9.17) is 23.2 Å². The minimum absolute atomic E-state index is 0.192. The molecule has 0 unspecified atom stereocenters. The van der Waals surface area contributed by atoms with E-state index >= 15 is 0 Å². The summed E-state index contributed by atoms with van der Waals surface area (Å²) in [7, 11) is -3.82. The lowest BCUT2D eigenvalue weighted by atomic mass is 9.95. The van der Waals surface area contributed by atoms with Crippen LogP contribution in [0.3, 0.4) is 0 Å². The molecule has 1 amide bonds. The molecule has 1 fully saturated rings. The van der Waals surface area contributed by atoms with Crippen molar-refractivity contribution in [1.29, 1.82) is 0 Å². The molecule has 156 valence electrons. The molecule has 8 heteroatoms. The van der Waals surface area contributed by atoms with Crippen LogP contribution in [0.25, 0.3) is 0 Å². The third kappa shape index (κ3) is 5.31. The zero-order valence-electron chi connectivity index (χ0n) is 16.2. The van der Waals surface area contributed by atoms with Crippen LogP contribution >= 0.6 is 23.2 Å². The maximum absolute atomic E-state index is 13.4. The first kappa shape index (κ1) is 22.1. The largest absolute Gasteiger partial charge is 0.322 e. The molecule has 0 bridgehead atoms. The van der Waals surface area contributed by atoms with Gasteiger partial charge in [-0.2, -0.15) is 4.31 Å². The quantitative estimate of drug-likeness (QED) is 0.646. The number of hydrogen-bond donors (Lipinski definition) is 1. The molecule has 3 rings (SSSR count). The van der Waals surface area contributed by atoms with Gasteiger partial charge in [-0.3, -0.25) is 4.79 Å². The van der Waals surface area contributed by atoms with Crippen molar-refractivity contribution in [2.45, 2.75) is 50.0 Å². The summed E-state index contributed by atoms with van der Waals surface area (Å²) >= 11 is 12.3. The van der Waals surface area contributed by atoms with Gasteiger partial charge in [-0.25, -0.2) is 8.42 Å². The normalized spacial score (nSPS) is 15.4. The van der Waals surface area contributed by atoms with Crippen LogP contribution in [0.4, 0.5) is 5.69 Å². The van der Waals surface area contributed by atoms with E-state index in [1.54, 1.807) is 42.5 Å². The van der Waals surface area contributed by atoms with E-state index in [1.807, 2.05) is 6.92 Å². The zero-order valence-corrected chi connectivity index (χ0v) is 18.5. The summed E-state index contributed by atoms with van der Waals surface area (Å²) in [6, 6.07) is 11.4. The van der Waals surface area contributed by atoms with Crippen molar-refractivity contribution in [3.05, 3.63) is 58.1 Å². The van der Waals surface area contributed by atoms with Crippen LogP contribution in [0.5, 0.6) is 0 Å². The number of carbonyl (C=O) groups is 1. The van der Waals surface area contributed by atoms with Gasteiger partial charge < -0.3 is 5.32 Å². The third-order valence-electron chi connectivity index (χ3n) is 5.14. The molecule has 0 radical (unpaired) electrons. The second-order valence-electron chi connectivity index (χ2n) is 7.30. The SMILES string of the molecule is Cc1ccc(S(=O)(=O)N(CC(=O)Nc2c(Cl)cccc2Cl)C2CCCCC2)cc1. The summed E-state index contributed by atoms with van der Waals surface area (Å²) in [4.78, 5) is 13.0. The van der Waals surface area contributed by atoms with Gasteiger partial charge in [0.2, 0.25) is 15.9 Å². The molecule has 0 spiro atoms. The Bertz CT molecular complexity index is 952. The van der Waals surface area contributed by atoms with Crippen molar-refractivity contribution in [1.82, 2.24) is 4.31 Å². The minimum atomic E-state index is -3.82. The summed E-state index contributed by atoms with van der Waals surface area (Å²) in [5.74, 6) is -0.471. The van der Waals surface area contributed by atoms with Crippen molar-refractivity contribution in [2.75, 3.05) is 11.9 Å². The highest BCUT2D eigenvalue weighted by molar-refractivity contribution is 7.89. The van der Waals surface area contributed by atoms with Crippen molar-refractivity contribution in [3.63, 3.8) is 0 Å². The molecule has 1 aliphatic carbocycles. The van der Waals surface area contributed by atoms with Crippen LogP contribution in [0.1, 0.15) is 37.7 Å². The number of sulfonamides is 1. The van der Waals surface area contributed by atoms with Gasteiger partial charge >= 0.3 is 0 Å². The Labute approximate surface area is 182 Å². The molecule has 2 aromatic rings. The second kappa shape index (κ2) is 9.47. The Balaban J connectivity index is 1.87. The number of hydrogen-bond acceptors (Lipinski definition) is 3. The summed E-state index contributed by atoms with van der Waals surface area (Å²) in [6.45, 7) is 1.61. The molecule has 1 N–H and O–H groups in total. The number of para-hydroxylation sites is 1. The fourth-order valence-corrected chi connectivity index (χ4v) is 5.70. The van der Waals surface area contributed by atoms with Gasteiger partial charge in [-0.05, 0) is 44.0 Å². The molecular weight excluding hydrogens is 431 g/mol. The standard InChI is InChI=1S/C21H24Cl2N2O3S/c1-15-10-12-17(13-11-15)29(27,28)25(16-6-3-2-4-7-16)14-20(26)24-21-18(22)8-5-9-19(21)23/h5,8-13,16H,2-4,6-7,14H2,1H3,(H,24,26). The highest BCUT2D eigenvalue weighted by Crippen LogP contribution is 2.31. The van der Waals surface area contributed by atoms with Crippen molar-refractivity contribution >= 4 is 44.8 Å². The van der Waals surface area contributed by atoms with Gasteiger partial charge in [-0.15, -0.1) is 0 Å².